The molecule has 1 aromatic rings. The zero-order valence-corrected chi connectivity index (χ0v) is 26.1. The van der Waals surface area contributed by atoms with E-state index in [0.717, 1.165) is 5.56 Å². The molecule has 1 aliphatic heterocycles. The van der Waals surface area contributed by atoms with Crippen molar-refractivity contribution in [3.05, 3.63) is 35.9 Å². The Labute approximate surface area is 253 Å². The summed E-state index contributed by atoms with van der Waals surface area (Å²) in [6.07, 6.45) is -1.05. The van der Waals surface area contributed by atoms with Crippen LogP contribution in [0, 0.1) is 23.7 Å². The van der Waals surface area contributed by atoms with Gasteiger partial charge in [0.15, 0.2) is 11.6 Å². The summed E-state index contributed by atoms with van der Waals surface area (Å²) in [5.41, 5.74) is 0.922. The van der Waals surface area contributed by atoms with Crippen molar-refractivity contribution in [1.29, 1.82) is 0 Å². The van der Waals surface area contributed by atoms with Crippen molar-refractivity contribution in [2.24, 2.45) is 23.7 Å². The van der Waals surface area contributed by atoms with E-state index in [9.17, 15) is 32.8 Å². The molecule has 6 atom stereocenters. The molecule has 43 heavy (non-hydrogen) atoms. The van der Waals surface area contributed by atoms with Crippen molar-refractivity contribution in [3.8, 4) is 0 Å². The molecular formula is C33H46F2N2O6. The number of amides is 2. The third-order valence-corrected chi connectivity index (χ3v) is 8.76. The van der Waals surface area contributed by atoms with E-state index in [0.29, 0.717) is 6.42 Å². The number of likely N-dealkylation sites (tertiary alicyclic amines) is 1. The molecule has 0 bridgehead atoms. The second-order valence-electron chi connectivity index (χ2n) is 12.8. The minimum absolute atomic E-state index is 0.00354. The predicted molar refractivity (Wildman–Crippen MR) is 158 cm³/mol. The summed E-state index contributed by atoms with van der Waals surface area (Å²) in [5, 5.41) is 2.55. The number of ether oxygens (including phenoxy) is 1. The number of halogens is 2. The van der Waals surface area contributed by atoms with Gasteiger partial charge < -0.3 is 15.0 Å². The van der Waals surface area contributed by atoms with E-state index >= 15 is 0 Å². The van der Waals surface area contributed by atoms with E-state index < -0.39 is 77.1 Å². The number of alkyl halides is 2. The molecule has 1 aliphatic carbocycles. The Kier molecular flexibility index (Phi) is 11.6. The largest absolute Gasteiger partial charge is 0.447 e. The van der Waals surface area contributed by atoms with Gasteiger partial charge in [0.25, 0.3) is 5.92 Å². The van der Waals surface area contributed by atoms with Gasteiger partial charge in [0.2, 0.25) is 11.7 Å². The van der Waals surface area contributed by atoms with E-state index in [1.54, 1.807) is 27.7 Å². The average Bonchev–Trinajstić information content (AvgIpc) is 3.47. The van der Waals surface area contributed by atoms with Gasteiger partial charge in [0.1, 0.15) is 6.04 Å². The first-order valence-electron chi connectivity index (χ1n) is 15.5. The molecule has 0 radical (unpaired) electrons. The quantitative estimate of drug-likeness (QED) is 0.272. The van der Waals surface area contributed by atoms with Crippen LogP contribution in [0.1, 0.15) is 91.5 Å². The standard InChI is InChI=1S/C33H46F2N2O6/c1-7-11-23(30(40)27(39)16-21(6)22-12-9-8-10-13-22)17-26(38)29-24-14-15-33(34,35)25(24)18-37(29)31(41)28(19(2)3)36-32(42)43-20(4)5/h8-10,12-13,19-21,23-25,28-29H,7,11,14-18H2,1-6H3,(H,36,42)/t21-,23?,24-,25?,28-,29-/m0/s1. The smallest absolute Gasteiger partial charge is 0.408 e. The van der Waals surface area contributed by atoms with Crippen molar-refractivity contribution < 1.29 is 37.5 Å². The third kappa shape index (κ3) is 8.26. The molecule has 0 aromatic heterocycles. The normalized spacial score (nSPS) is 23.0. The summed E-state index contributed by atoms with van der Waals surface area (Å²) in [4.78, 5) is 67.7. The molecule has 1 saturated carbocycles. The van der Waals surface area contributed by atoms with Gasteiger partial charge in [-0.2, -0.15) is 0 Å². The molecule has 8 nitrogen and oxygen atoms in total. The topological polar surface area (TPSA) is 110 Å². The Morgan fingerprint density at radius 2 is 1.67 bits per heavy atom. The van der Waals surface area contributed by atoms with E-state index in [1.807, 2.05) is 44.2 Å². The van der Waals surface area contributed by atoms with E-state index in [-0.39, 0.29) is 44.6 Å². The fourth-order valence-corrected chi connectivity index (χ4v) is 6.51. The number of benzene rings is 1. The lowest BCUT2D eigenvalue weighted by molar-refractivity contribution is -0.143. The van der Waals surface area contributed by atoms with Gasteiger partial charge in [-0.3, -0.25) is 19.2 Å². The van der Waals surface area contributed by atoms with Gasteiger partial charge in [0.05, 0.1) is 12.1 Å². The van der Waals surface area contributed by atoms with Crippen LogP contribution in [0.25, 0.3) is 0 Å². The van der Waals surface area contributed by atoms with Crippen molar-refractivity contribution in [1.82, 2.24) is 10.2 Å². The van der Waals surface area contributed by atoms with Crippen LogP contribution in [-0.4, -0.2) is 64.9 Å². The molecule has 1 heterocycles. The van der Waals surface area contributed by atoms with E-state index in [2.05, 4.69) is 5.32 Å². The molecule has 2 aliphatic rings. The zero-order valence-electron chi connectivity index (χ0n) is 26.1. The fraction of sp³-hybridized carbons (Fsp3) is 0.667. The number of nitrogens with one attached hydrogen (secondary N) is 1. The van der Waals surface area contributed by atoms with Crippen LogP contribution in [0.15, 0.2) is 30.3 Å². The summed E-state index contributed by atoms with van der Waals surface area (Å²) in [6.45, 7) is 10.1. The summed E-state index contributed by atoms with van der Waals surface area (Å²) in [7, 11) is 0. The number of ketones is 3. The van der Waals surface area contributed by atoms with Gasteiger partial charge in [-0.05, 0) is 50.0 Å². The summed E-state index contributed by atoms with van der Waals surface area (Å²) in [6, 6.07) is 7.09. The maximum atomic E-state index is 14.9. The van der Waals surface area contributed by atoms with Crippen LogP contribution in [0.3, 0.4) is 0 Å². The van der Waals surface area contributed by atoms with Gasteiger partial charge >= 0.3 is 6.09 Å². The maximum absolute atomic E-state index is 14.9. The van der Waals surface area contributed by atoms with Gasteiger partial charge in [0, 0.05) is 37.6 Å². The van der Waals surface area contributed by atoms with Crippen LogP contribution in [0.4, 0.5) is 13.6 Å². The van der Waals surface area contributed by atoms with Crippen LogP contribution >= 0.6 is 0 Å². The van der Waals surface area contributed by atoms with Crippen LogP contribution in [-0.2, 0) is 23.9 Å². The highest BCUT2D eigenvalue weighted by Gasteiger charge is 2.61. The molecule has 238 valence electrons. The monoisotopic (exact) mass is 604 g/mol. The molecule has 3 rings (SSSR count). The molecule has 0 spiro atoms. The van der Waals surface area contributed by atoms with E-state index in [4.69, 9.17) is 4.74 Å². The highest BCUT2D eigenvalue weighted by atomic mass is 19.3. The number of fused-ring (bicyclic) bond motifs is 1. The summed E-state index contributed by atoms with van der Waals surface area (Å²) in [5.74, 6) is -8.86. The first-order valence-corrected chi connectivity index (χ1v) is 15.5. The highest BCUT2D eigenvalue weighted by molar-refractivity contribution is 6.38. The maximum Gasteiger partial charge on any atom is 0.408 e. The number of carbonyl (C=O) groups excluding carboxylic acids is 5. The highest BCUT2D eigenvalue weighted by Crippen LogP contribution is 2.51. The summed E-state index contributed by atoms with van der Waals surface area (Å²) < 4.78 is 35.0. The van der Waals surface area contributed by atoms with Crippen LogP contribution in [0.5, 0.6) is 0 Å². The Bertz CT molecular complexity index is 1170. The molecule has 1 aromatic carbocycles. The van der Waals surface area contributed by atoms with Crippen molar-refractivity contribution in [2.45, 2.75) is 110 Å². The number of rotatable bonds is 14. The van der Waals surface area contributed by atoms with Crippen molar-refractivity contribution in [3.63, 3.8) is 0 Å². The van der Waals surface area contributed by atoms with Gasteiger partial charge in [-0.1, -0.05) is 64.4 Å². The molecular weight excluding hydrogens is 558 g/mol. The number of alkyl carbamates (subject to hydrolysis) is 1. The zero-order chi connectivity index (χ0) is 32.1. The lowest BCUT2D eigenvalue weighted by atomic mass is 9.83. The Morgan fingerprint density at radius 3 is 2.26 bits per heavy atom. The van der Waals surface area contributed by atoms with Gasteiger partial charge in [-0.15, -0.1) is 0 Å². The minimum atomic E-state index is -3.04. The number of Topliss-reactive ketones (excluding diaryl/α,β-unsaturated/α-hetero) is 3. The first kappa shape index (κ1) is 34.3. The van der Waals surface area contributed by atoms with Gasteiger partial charge in [-0.25, -0.2) is 13.6 Å². The molecule has 2 unspecified atom stereocenters. The van der Waals surface area contributed by atoms with Crippen molar-refractivity contribution >= 4 is 29.4 Å². The minimum Gasteiger partial charge on any atom is -0.447 e. The SMILES string of the molecule is CCCC(CC(=O)[C@@H]1[C@H]2CCC(F)(F)C2CN1C(=O)[C@@H](NC(=O)OC(C)C)C(C)C)C(=O)C(=O)C[C@H](C)c1ccccc1. The Morgan fingerprint density at radius 1 is 1.02 bits per heavy atom. The second kappa shape index (κ2) is 14.5. The molecule has 2 fully saturated rings. The number of hydrogen-bond acceptors (Lipinski definition) is 6. The fourth-order valence-electron chi connectivity index (χ4n) is 6.51. The predicted octanol–water partition coefficient (Wildman–Crippen LogP) is 5.73. The summed E-state index contributed by atoms with van der Waals surface area (Å²) >= 11 is 0. The molecule has 1 saturated heterocycles. The second-order valence-corrected chi connectivity index (χ2v) is 12.8. The number of carbonyl (C=O) groups is 5. The van der Waals surface area contributed by atoms with Crippen LogP contribution in [0.2, 0.25) is 0 Å². The first-order chi connectivity index (χ1) is 20.2. The van der Waals surface area contributed by atoms with E-state index in [1.165, 1.54) is 4.90 Å². The lowest BCUT2D eigenvalue weighted by Gasteiger charge is -2.32. The Hall–Kier alpha value is -3.17. The molecule has 1 N–H and O–H groups in total. The molecule has 10 heteroatoms. The average molecular weight is 605 g/mol. The number of hydrogen-bond donors (Lipinski definition) is 1. The lowest BCUT2D eigenvalue weighted by Crippen LogP contribution is -2.55. The third-order valence-electron chi connectivity index (χ3n) is 8.76. The number of nitrogens with zero attached hydrogens (tertiary/aromatic N) is 1. The van der Waals surface area contributed by atoms with Crippen LogP contribution < -0.4 is 5.32 Å². The molecule has 2 amide bonds. The Balaban J connectivity index is 1.83. The van der Waals surface area contributed by atoms with Crippen molar-refractivity contribution in [2.75, 3.05) is 6.54 Å².